The van der Waals surface area contributed by atoms with Gasteiger partial charge in [0.2, 0.25) is 0 Å². The van der Waals surface area contributed by atoms with Gasteiger partial charge >= 0.3 is 5.97 Å². The SMILES string of the molecule is C=C1NC(=S)NC(c2sccc2C)C1C(=O)OC. The van der Waals surface area contributed by atoms with Gasteiger partial charge in [0.1, 0.15) is 5.92 Å². The van der Waals surface area contributed by atoms with Gasteiger partial charge in [0.15, 0.2) is 5.11 Å². The van der Waals surface area contributed by atoms with E-state index in [1.54, 1.807) is 11.3 Å². The van der Waals surface area contributed by atoms with Gasteiger partial charge in [0.25, 0.3) is 0 Å². The first-order chi connectivity index (χ1) is 8.54. The molecule has 2 heterocycles. The fraction of sp³-hybridized carbons (Fsp3) is 0.333. The number of methoxy groups -OCH3 is 1. The van der Waals surface area contributed by atoms with Gasteiger partial charge in [-0.25, -0.2) is 0 Å². The van der Waals surface area contributed by atoms with Crippen LogP contribution in [0.1, 0.15) is 16.5 Å². The first-order valence-corrected chi connectivity index (χ1v) is 6.71. The molecule has 96 valence electrons. The molecular formula is C12H14N2O2S2. The monoisotopic (exact) mass is 282 g/mol. The molecule has 1 aliphatic rings. The van der Waals surface area contributed by atoms with Crippen LogP contribution in [0.5, 0.6) is 0 Å². The van der Waals surface area contributed by atoms with Gasteiger partial charge < -0.3 is 15.4 Å². The van der Waals surface area contributed by atoms with E-state index in [2.05, 4.69) is 17.2 Å². The third-order valence-electron chi connectivity index (χ3n) is 2.91. The molecule has 1 fully saturated rings. The fourth-order valence-corrected chi connectivity index (χ4v) is 3.28. The number of thiophene rings is 1. The van der Waals surface area contributed by atoms with E-state index in [1.807, 2.05) is 18.4 Å². The molecule has 18 heavy (non-hydrogen) atoms. The summed E-state index contributed by atoms with van der Waals surface area (Å²) in [4.78, 5) is 13.0. The van der Waals surface area contributed by atoms with Crippen LogP contribution in [0.3, 0.4) is 0 Å². The second-order valence-corrected chi connectivity index (χ2v) is 5.43. The topological polar surface area (TPSA) is 50.4 Å². The Bertz CT molecular complexity index is 510. The third kappa shape index (κ3) is 2.26. The zero-order valence-electron chi connectivity index (χ0n) is 10.1. The Hall–Kier alpha value is -1.40. The Labute approximate surface area is 115 Å². The van der Waals surface area contributed by atoms with Crippen molar-refractivity contribution in [3.63, 3.8) is 0 Å². The summed E-state index contributed by atoms with van der Waals surface area (Å²) in [5, 5.41) is 8.49. The van der Waals surface area contributed by atoms with Crippen LogP contribution in [0, 0.1) is 12.8 Å². The number of esters is 1. The Balaban J connectivity index is 2.39. The molecule has 4 nitrogen and oxygen atoms in total. The number of carbonyl (C=O) groups excluding carboxylic acids is 1. The molecule has 2 atom stereocenters. The minimum absolute atomic E-state index is 0.210. The summed E-state index contributed by atoms with van der Waals surface area (Å²) in [6, 6.07) is 1.81. The maximum absolute atomic E-state index is 11.9. The van der Waals surface area contributed by atoms with Crippen LogP contribution in [0.15, 0.2) is 23.7 Å². The Morgan fingerprint density at radius 1 is 1.61 bits per heavy atom. The van der Waals surface area contributed by atoms with Crippen molar-refractivity contribution in [2.45, 2.75) is 13.0 Å². The largest absolute Gasteiger partial charge is 0.468 e. The average molecular weight is 282 g/mol. The summed E-state index contributed by atoms with van der Waals surface area (Å²) < 4.78 is 4.85. The van der Waals surface area contributed by atoms with Crippen molar-refractivity contribution in [1.29, 1.82) is 0 Å². The van der Waals surface area contributed by atoms with Gasteiger partial charge in [-0.1, -0.05) is 6.58 Å². The molecular weight excluding hydrogens is 268 g/mol. The van der Waals surface area contributed by atoms with E-state index >= 15 is 0 Å². The number of thiocarbonyl (C=S) groups is 1. The van der Waals surface area contributed by atoms with Crippen LogP contribution >= 0.6 is 23.6 Å². The Morgan fingerprint density at radius 3 is 2.89 bits per heavy atom. The van der Waals surface area contributed by atoms with Crippen LogP contribution < -0.4 is 10.6 Å². The number of rotatable bonds is 2. The quantitative estimate of drug-likeness (QED) is 0.641. The number of ether oxygens (including phenoxy) is 1. The minimum Gasteiger partial charge on any atom is -0.468 e. The lowest BCUT2D eigenvalue weighted by Gasteiger charge is -2.34. The highest BCUT2D eigenvalue weighted by Gasteiger charge is 2.38. The predicted molar refractivity (Wildman–Crippen MR) is 75.3 cm³/mol. The lowest BCUT2D eigenvalue weighted by Crippen LogP contribution is -2.50. The minimum atomic E-state index is -0.473. The summed E-state index contributed by atoms with van der Waals surface area (Å²) in [5.74, 6) is -0.792. The normalized spacial score (nSPS) is 23.2. The van der Waals surface area contributed by atoms with Gasteiger partial charge in [0, 0.05) is 10.6 Å². The fourth-order valence-electron chi connectivity index (χ4n) is 2.01. The second kappa shape index (κ2) is 5.07. The summed E-state index contributed by atoms with van der Waals surface area (Å²) >= 11 is 6.72. The van der Waals surface area contributed by atoms with E-state index in [-0.39, 0.29) is 12.0 Å². The molecule has 2 unspecified atom stereocenters. The lowest BCUT2D eigenvalue weighted by atomic mass is 9.92. The van der Waals surface area contributed by atoms with Crippen LogP contribution in [0.4, 0.5) is 0 Å². The molecule has 0 bridgehead atoms. The van der Waals surface area contributed by atoms with Crippen molar-refractivity contribution in [3.8, 4) is 0 Å². The highest BCUT2D eigenvalue weighted by atomic mass is 32.1. The molecule has 0 aliphatic carbocycles. The summed E-state index contributed by atoms with van der Waals surface area (Å²) in [7, 11) is 1.38. The Morgan fingerprint density at radius 2 is 2.33 bits per heavy atom. The van der Waals surface area contributed by atoms with Gasteiger partial charge in [-0.3, -0.25) is 4.79 Å². The van der Waals surface area contributed by atoms with Crippen molar-refractivity contribution in [2.75, 3.05) is 7.11 Å². The molecule has 6 heteroatoms. The summed E-state index contributed by atoms with van der Waals surface area (Å²) in [6.45, 7) is 5.88. The molecule has 0 amide bonds. The molecule has 0 spiro atoms. The Kier molecular flexibility index (Phi) is 3.68. The molecule has 1 aromatic heterocycles. The van der Waals surface area contributed by atoms with Crippen LogP contribution in [-0.2, 0) is 9.53 Å². The van der Waals surface area contributed by atoms with Gasteiger partial charge in [-0.2, -0.15) is 0 Å². The maximum Gasteiger partial charge on any atom is 0.317 e. The molecule has 0 radical (unpaired) electrons. The van der Waals surface area contributed by atoms with Gasteiger partial charge in [-0.15, -0.1) is 11.3 Å². The van der Waals surface area contributed by atoms with Crippen molar-refractivity contribution in [3.05, 3.63) is 34.2 Å². The zero-order chi connectivity index (χ0) is 13.3. The molecule has 0 saturated carbocycles. The second-order valence-electron chi connectivity index (χ2n) is 4.07. The van der Waals surface area contributed by atoms with E-state index in [9.17, 15) is 4.79 Å². The van der Waals surface area contributed by atoms with E-state index < -0.39 is 5.92 Å². The van der Waals surface area contributed by atoms with Gasteiger partial charge in [0.05, 0.1) is 13.2 Å². The smallest absolute Gasteiger partial charge is 0.317 e. The van der Waals surface area contributed by atoms with Gasteiger partial charge in [-0.05, 0) is 36.2 Å². The number of aryl methyl sites for hydroxylation is 1. The molecule has 2 rings (SSSR count). The number of hydrogen-bond donors (Lipinski definition) is 2. The van der Waals surface area contributed by atoms with Crippen molar-refractivity contribution >= 4 is 34.6 Å². The first kappa shape index (κ1) is 13.0. The van der Waals surface area contributed by atoms with E-state index in [4.69, 9.17) is 17.0 Å². The molecule has 1 aliphatic heterocycles. The molecule has 1 saturated heterocycles. The van der Waals surface area contributed by atoms with Crippen molar-refractivity contribution in [2.24, 2.45) is 5.92 Å². The van der Waals surface area contributed by atoms with Crippen molar-refractivity contribution in [1.82, 2.24) is 10.6 Å². The van der Waals surface area contributed by atoms with E-state index in [0.717, 1.165) is 10.4 Å². The molecule has 2 N–H and O–H groups in total. The number of nitrogens with one attached hydrogen (secondary N) is 2. The maximum atomic E-state index is 11.9. The molecule has 1 aromatic rings. The highest BCUT2D eigenvalue weighted by molar-refractivity contribution is 7.80. The highest BCUT2D eigenvalue weighted by Crippen LogP contribution is 2.34. The summed E-state index contributed by atoms with van der Waals surface area (Å²) in [5.41, 5.74) is 1.70. The number of hydrogen-bond acceptors (Lipinski definition) is 4. The van der Waals surface area contributed by atoms with Crippen LogP contribution in [0.2, 0.25) is 0 Å². The average Bonchev–Trinajstić information content (AvgIpc) is 2.73. The lowest BCUT2D eigenvalue weighted by molar-refractivity contribution is -0.145. The third-order valence-corrected chi connectivity index (χ3v) is 4.23. The van der Waals surface area contributed by atoms with Crippen LogP contribution in [-0.4, -0.2) is 18.2 Å². The number of carbonyl (C=O) groups is 1. The standard InChI is InChI=1S/C12H14N2O2S2/c1-6-4-5-18-10(6)9-8(11(15)16-3)7(2)13-12(17)14-9/h4-5,8-9H,2H2,1,3H3,(H2,13,14,17). The zero-order valence-corrected chi connectivity index (χ0v) is 11.8. The first-order valence-electron chi connectivity index (χ1n) is 5.42. The van der Waals surface area contributed by atoms with Crippen LogP contribution in [0.25, 0.3) is 0 Å². The van der Waals surface area contributed by atoms with E-state index in [1.165, 1.54) is 7.11 Å². The van der Waals surface area contributed by atoms with Crippen molar-refractivity contribution < 1.29 is 9.53 Å². The predicted octanol–water partition coefficient (Wildman–Crippen LogP) is 1.88. The summed E-state index contributed by atoms with van der Waals surface area (Å²) in [6.07, 6.45) is 0. The van der Waals surface area contributed by atoms with E-state index in [0.29, 0.717) is 10.8 Å². The molecule has 0 aromatic carbocycles.